The Kier molecular flexibility index (Phi) is 2.97. The zero-order chi connectivity index (χ0) is 12.9. The van der Waals surface area contributed by atoms with Crippen molar-refractivity contribution in [2.24, 2.45) is 29.6 Å². The first-order valence-electron chi connectivity index (χ1n) is 7.13. The molecule has 0 aromatic rings. The zero-order valence-electron chi connectivity index (χ0n) is 10.9. The summed E-state index contributed by atoms with van der Waals surface area (Å²) in [5, 5.41) is 10.1. The van der Waals surface area contributed by atoms with Crippen molar-refractivity contribution >= 4 is 5.97 Å². The lowest BCUT2D eigenvalue weighted by Crippen LogP contribution is -2.35. The Balaban J connectivity index is 1.80. The number of carbonyl (C=O) groups excluding carboxylic acids is 1. The van der Waals surface area contributed by atoms with Crippen molar-refractivity contribution in [1.29, 1.82) is 0 Å². The Hall–Kier alpha value is -0.830. The van der Waals surface area contributed by atoms with E-state index in [1.165, 1.54) is 25.3 Å². The van der Waals surface area contributed by atoms with E-state index >= 15 is 0 Å². The number of rotatable bonds is 3. The highest BCUT2D eigenvalue weighted by Gasteiger charge is 2.58. The van der Waals surface area contributed by atoms with E-state index in [1.807, 2.05) is 6.92 Å². The molecule has 18 heavy (non-hydrogen) atoms. The van der Waals surface area contributed by atoms with Crippen LogP contribution < -0.4 is 0 Å². The van der Waals surface area contributed by atoms with E-state index in [9.17, 15) is 9.90 Å². The fourth-order valence-corrected chi connectivity index (χ4v) is 5.03. The standard InChI is InChI=1S/C15H22O3/c1-3-13(17)18-12-7-11-9-4-5-10(6-9)15(11)14(12)8(2)16/h3,8-12,14-16H,1,4-7H2,2H3. The normalized spacial score (nSPS) is 46.8. The Morgan fingerprint density at radius 1 is 1.39 bits per heavy atom. The molecule has 3 aliphatic rings. The number of esters is 1. The fourth-order valence-electron chi connectivity index (χ4n) is 5.03. The van der Waals surface area contributed by atoms with Crippen LogP contribution in [0.25, 0.3) is 0 Å². The molecule has 100 valence electrons. The maximum absolute atomic E-state index is 11.4. The molecular weight excluding hydrogens is 228 g/mol. The average Bonchev–Trinajstić information content (AvgIpc) is 2.97. The van der Waals surface area contributed by atoms with E-state index in [2.05, 4.69) is 6.58 Å². The van der Waals surface area contributed by atoms with Gasteiger partial charge in [0.25, 0.3) is 0 Å². The second-order valence-electron chi connectivity index (χ2n) is 6.31. The molecule has 0 saturated heterocycles. The van der Waals surface area contributed by atoms with Gasteiger partial charge in [0.05, 0.1) is 6.10 Å². The maximum atomic E-state index is 11.4. The molecule has 7 atom stereocenters. The van der Waals surface area contributed by atoms with Gasteiger partial charge in [0.2, 0.25) is 0 Å². The minimum absolute atomic E-state index is 0.103. The Morgan fingerprint density at radius 3 is 2.78 bits per heavy atom. The summed E-state index contributed by atoms with van der Waals surface area (Å²) in [5.41, 5.74) is 0. The van der Waals surface area contributed by atoms with Gasteiger partial charge in [-0.15, -0.1) is 0 Å². The third-order valence-electron chi connectivity index (χ3n) is 5.53. The van der Waals surface area contributed by atoms with Crippen molar-refractivity contribution in [3.05, 3.63) is 12.7 Å². The SMILES string of the molecule is C=CC(=O)OC1CC2C3CCC(C3)C2C1C(C)O. The molecule has 3 aliphatic carbocycles. The minimum Gasteiger partial charge on any atom is -0.459 e. The first-order chi connectivity index (χ1) is 8.61. The summed E-state index contributed by atoms with van der Waals surface area (Å²) in [7, 11) is 0. The molecule has 0 radical (unpaired) electrons. The summed E-state index contributed by atoms with van der Waals surface area (Å²) in [4.78, 5) is 11.4. The molecule has 1 N–H and O–H groups in total. The van der Waals surface area contributed by atoms with Crippen molar-refractivity contribution in [1.82, 2.24) is 0 Å². The molecule has 0 amide bonds. The highest BCUT2D eigenvalue weighted by atomic mass is 16.5. The minimum atomic E-state index is -0.387. The van der Waals surface area contributed by atoms with Crippen molar-refractivity contribution in [2.75, 3.05) is 0 Å². The smallest absolute Gasteiger partial charge is 0.330 e. The van der Waals surface area contributed by atoms with Gasteiger partial charge in [0, 0.05) is 12.0 Å². The van der Waals surface area contributed by atoms with Gasteiger partial charge < -0.3 is 9.84 Å². The molecule has 0 aliphatic heterocycles. The average molecular weight is 250 g/mol. The van der Waals surface area contributed by atoms with Crippen LogP contribution in [0.3, 0.4) is 0 Å². The highest BCUT2D eigenvalue weighted by molar-refractivity contribution is 5.81. The fraction of sp³-hybridized carbons (Fsp3) is 0.800. The molecule has 2 bridgehead atoms. The molecule has 0 heterocycles. The van der Waals surface area contributed by atoms with Gasteiger partial charge in [0.1, 0.15) is 6.10 Å². The van der Waals surface area contributed by atoms with Crippen LogP contribution in [0.5, 0.6) is 0 Å². The van der Waals surface area contributed by atoms with Crippen molar-refractivity contribution < 1.29 is 14.6 Å². The lowest BCUT2D eigenvalue weighted by molar-refractivity contribution is -0.147. The monoisotopic (exact) mass is 250 g/mol. The molecule has 3 nitrogen and oxygen atoms in total. The van der Waals surface area contributed by atoms with Gasteiger partial charge in [-0.1, -0.05) is 6.58 Å². The molecule has 3 saturated carbocycles. The first kappa shape index (κ1) is 12.2. The van der Waals surface area contributed by atoms with E-state index in [1.54, 1.807) is 0 Å². The van der Waals surface area contributed by atoms with Gasteiger partial charge in [-0.3, -0.25) is 0 Å². The molecule has 7 unspecified atom stereocenters. The maximum Gasteiger partial charge on any atom is 0.330 e. The molecule has 0 spiro atoms. The number of fused-ring (bicyclic) bond motifs is 5. The summed E-state index contributed by atoms with van der Waals surface area (Å²) >= 11 is 0. The second kappa shape index (κ2) is 4.37. The van der Waals surface area contributed by atoms with Crippen LogP contribution in [0, 0.1) is 29.6 Å². The van der Waals surface area contributed by atoms with Crippen molar-refractivity contribution in [3.8, 4) is 0 Å². The summed E-state index contributed by atoms with van der Waals surface area (Å²) in [5.74, 6) is 2.60. The lowest BCUT2D eigenvalue weighted by atomic mass is 9.76. The van der Waals surface area contributed by atoms with Crippen LogP contribution in [0.2, 0.25) is 0 Å². The molecule has 0 aromatic heterocycles. The summed E-state index contributed by atoms with van der Waals surface area (Å²) in [6, 6.07) is 0. The predicted octanol–water partition coefficient (Wildman–Crippen LogP) is 2.15. The third-order valence-corrected chi connectivity index (χ3v) is 5.53. The molecule has 3 fully saturated rings. The van der Waals surface area contributed by atoms with Crippen LogP contribution in [-0.4, -0.2) is 23.3 Å². The second-order valence-corrected chi connectivity index (χ2v) is 6.31. The van der Waals surface area contributed by atoms with Crippen LogP contribution >= 0.6 is 0 Å². The lowest BCUT2D eigenvalue weighted by Gasteiger charge is -2.31. The van der Waals surface area contributed by atoms with Gasteiger partial charge in [-0.25, -0.2) is 4.79 Å². The molecular formula is C15H22O3. The van der Waals surface area contributed by atoms with E-state index in [-0.39, 0.29) is 24.1 Å². The zero-order valence-corrected chi connectivity index (χ0v) is 10.9. The van der Waals surface area contributed by atoms with E-state index in [0.29, 0.717) is 11.8 Å². The van der Waals surface area contributed by atoms with Crippen LogP contribution in [0.15, 0.2) is 12.7 Å². The summed E-state index contributed by atoms with van der Waals surface area (Å²) in [6.07, 6.45) is 5.65. The van der Waals surface area contributed by atoms with Crippen molar-refractivity contribution in [2.45, 2.75) is 44.8 Å². The molecule has 3 heteroatoms. The van der Waals surface area contributed by atoms with Crippen molar-refractivity contribution in [3.63, 3.8) is 0 Å². The Bertz CT molecular complexity index is 363. The van der Waals surface area contributed by atoms with E-state index < -0.39 is 0 Å². The Labute approximate surface area is 108 Å². The van der Waals surface area contributed by atoms with Crippen LogP contribution in [0.4, 0.5) is 0 Å². The number of hydrogen-bond donors (Lipinski definition) is 1. The highest BCUT2D eigenvalue weighted by Crippen LogP contribution is 2.61. The first-order valence-corrected chi connectivity index (χ1v) is 7.13. The number of ether oxygens (including phenoxy) is 1. The number of carbonyl (C=O) groups is 1. The summed E-state index contributed by atoms with van der Waals surface area (Å²) in [6.45, 7) is 5.29. The predicted molar refractivity (Wildman–Crippen MR) is 67.7 cm³/mol. The van der Waals surface area contributed by atoms with E-state index in [4.69, 9.17) is 4.74 Å². The molecule has 3 rings (SSSR count). The van der Waals surface area contributed by atoms with Gasteiger partial charge in [-0.05, 0) is 56.3 Å². The third kappa shape index (κ3) is 1.71. The van der Waals surface area contributed by atoms with Crippen LogP contribution in [0.1, 0.15) is 32.6 Å². The summed E-state index contributed by atoms with van der Waals surface area (Å²) < 4.78 is 5.48. The molecule has 0 aromatic carbocycles. The largest absolute Gasteiger partial charge is 0.459 e. The quantitative estimate of drug-likeness (QED) is 0.616. The Morgan fingerprint density at radius 2 is 2.11 bits per heavy atom. The van der Waals surface area contributed by atoms with E-state index in [0.717, 1.165) is 18.3 Å². The number of aliphatic hydroxyl groups excluding tert-OH is 1. The van der Waals surface area contributed by atoms with Gasteiger partial charge in [-0.2, -0.15) is 0 Å². The van der Waals surface area contributed by atoms with Gasteiger partial charge in [0.15, 0.2) is 0 Å². The topological polar surface area (TPSA) is 46.5 Å². The number of hydrogen-bond acceptors (Lipinski definition) is 3. The number of aliphatic hydroxyl groups is 1. The van der Waals surface area contributed by atoms with Crippen LogP contribution in [-0.2, 0) is 9.53 Å². The van der Waals surface area contributed by atoms with Gasteiger partial charge >= 0.3 is 5.97 Å².